The number of anilines is 1. The van der Waals surface area contributed by atoms with E-state index in [4.69, 9.17) is 16.3 Å². The Morgan fingerprint density at radius 2 is 2.22 bits per heavy atom. The molecule has 2 aliphatic rings. The van der Waals surface area contributed by atoms with Crippen LogP contribution in [-0.2, 0) is 4.79 Å². The fourth-order valence-corrected chi connectivity index (χ4v) is 4.22. The van der Waals surface area contributed by atoms with Gasteiger partial charge >= 0.3 is 0 Å². The standard InChI is InChI=1S/C17H23ClN2O2S/c18-15-9-12(5-6-16(15)22-14-3-1-2-4-14)20-17(21)10-13-11-23-8-7-19-13/h5-6,9,13-14,19H,1-4,7-8,10-11H2,(H,20,21). The number of halogens is 1. The maximum atomic E-state index is 12.1. The van der Waals surface area contributed by atoms with Crippen molar-refractivity contribution in [3.05, 3.63) is 23.2 Å². The molecule has 1 heterocycles. The van der Waals surface area contributed by atoms with Gasteiger partial charge in [0.15, 0.2) is 0 Å². The van der Waals surface area contributed by atoms with Crippen molar-refractivity contribution in [3.8, 4) is 5.75 Å². The molecule has 1 saturated carbocycles. The third-order valence-corrected chi connectivity index (χ3v) is 5.67. The number of rotatable bonds is 5. The highest BCUT2D eigenvalue weighted by molar-refractivity contribution is 7.99. The molecule has 1 aromatic carbocycles. The highest BCUT2D eigenvalue weighted by atomic mass is 35.5. The lowest BCUT2D eigenvalue weighted by molar-refractivity contribution is -0.116. The summed E-state index contributed by atoms with van der Waals surface area (Å²) in [5, 5.41) is 6.85. The van der Waals surface area contributed by atoms with E-state index in [1.165, 1.54) is 12.8 Å². The predicted molar refractivity (Wildman–Crippen MR) is 96.7 cm³/mol. The molecule has 0 spiro atoms. The van der Waals surface area contributed by atoms with Crippen LogP contribution in [0.1, 0.15) is 32.1 Å². The number of carbonyl (C=O) groups is 1. The van der Waals surface area contributed by atoms with Crippen molar-refractivity contribution in [2.45, 2.75) is 44.2 Å². The lowest BCUT2D eigenvalue weighted by atomic mass is 10.2. The fraction of sp³-hybridized carbons (Fsp3) is 0.588. The lowest BCUT2D eigenvalue weighted by Gasteiger charge is -2.22. The topological polar surface area (TPSA) is 50.4 Å². The molecular weight excluding hydrogens is 332 g/mol. The molecule has 1 aliphatic heterocycles. The zero-order valence-corrected chi connectivity index (χ0v) is 14.7. The normalized spacial score (nSPS) is 22.0. The van der Waals surface area contributed by atoms with Crippen LogP contribution in [0, 0.1) is 0 Å². The minimum atomic E-state index is 0.0190. The molecule has 6 heteroatoms. The number of carbonyl (C=O) groups excluding carboxylic acids is 1. The fourth-order valence-electron chi connectivity index (χ4n) is 3.05. The first-order valence-corrected chi connectivity index (χ1v) is 9.81. The summed E-state index contributed by atoms with van der Waals surface area (Å²) in [6.45, 7) is 0.974. The molecule has 0 bridgehead atoms. The Hall–Kier alpha value is -0.910. The van der Waals surface area contributed by atoms with Crippen molar-refractivity contribution < 1.29 is 9.53 Å². The Labute approximate surface area is 146 Å². The second kappa shape index (κ2) is 8.27. The molecule has 3 rings (SSSR count). The van der Waals surface area contributed by atoms with Crippen LogP contribution in [0.15, 0.2) is 18.2 Å². The third-order valence-electron chi connectivity index (χ3n) is 4.24. The zero-order chi connectivity index (χ0) is 16.1. The summed E-state index contributed by atoms with van der Waals surface area (Å²) in [6.07, 6.45) is 5.42. The summed E-state index contributed by atoms with van der Waals surface area (Å²) in [5.41, 5.74) is 0.724. The smallest absolute Gasteiger partial charge is 0.225 e. The summed E-state index contributed by atoms with van der Waals surface area (Å²) < 4.78 is 5.93. The second-order valence-electron chi connectivity index (χ2n) is 6.15. The highest BCUT2D eigenvalue weighted by Gasteiger charge is 2.19. The minimum Gasteiger partial charge on any atom is -0.489 e. The van der Waals surface area contributed by atoms with Gasteiger partial charge in [-0.25, -0.2) is 0 Å². The molecule has 1 saturated heterocycles. The third kappa shape index (κ3) is 5.03. The Kier molecular flexibility index (Phi) is 6.08. The van der Waals surface area contributed by atoms with Crippen LogP contribution in [0.3, 0.4) is 0 Å². The number of nitrogens with one attached hydrogen (secondary N) is 2. The molecule has 1 aliphatic carbocycles. The van der Waals surface area contributed by atoms with Crippen molar-refractivity contribution >= 4 is 35.0 Å². The Bertz CT molecular complexity index is 543. The summed E-state index contributed by atoms with van der Waals surface area (Å²) in [6, 6.07) is 5.74. The SMILES string of the molecule is O=C(CC1CSCCN1)Nc1ccc(OC2CCCC2)c(Cl)c1. The Morgan fingerprint density at radius 1 is 1.39 bits per heavy atom. The van der Waals surface area contributed by atoms with E-state index in [0.717, 1.165) is 36.6 Å². The summed E-state index contributed by atoms with van der Waals surface area (Å²) in [7, 11) is 0. The largest absolute Gasteiger partial charge is 0.489 e. The maximum Gasteiger partial charge on any atom is 0.225 e. The van der Waals surface area contributed by atoms with Crippen LogP contribution < -0.4 is 15.4 Å². The first kappa shape index (κ1) is 16.9. The predicted octanol–water partition coefficient (Wildman–Crippen LogP) is 3.70. The second-order valence-corrected chi connectivity index (χ2v) is 7.70. The van der Waals surface area contributed by atoms with Gasteiger partial charge in [0.2, 0.25) is 5.91 Å². The van der Waals surface area contributed by atoms with Gasteiger partial charge < -0.3 is 15.4 Å². The summed E-state index contributed by atoms with van der Waals surface area (Å²) in [5.74, 6) is 2.84. The molecule has 2 N–H and O–H groups in total. The van der Waals surface area contributed by atoms with Crippen LogP contribution in [0.2, 0.25) is 5.02 Å². The van der Waals surface area contributed by atoms with E-state index < -0.39 is 0 Å². The van der Waals surface area contributed by atoms with E-state index in [1.54, 1.807) is 6.07 Å². The van der Waals surface area contributed by atoms with Gasteiger partial charge in [-0.05, 0) is 43.9 Å². The van der Waals surface area contributed by atoms with Crippen LogP contribution in [0.25, 0.3) is 0 Å². The monoisotopic (exact) mass is 354 g/mol. The number of hydrogen-bond acceptors (Lipinski definition) is 4. The van der Waals surface area contributed by atoms with E-state index in [2.05, 4.69) is 10.6 Å². The molecule has 0 radical (unpaired) electrons. The quantitative estimate of drug-likeness (QED) is 0.846. The van der Waals surface area contributed by atoms with E-state index in [-0.39, 0.29) is 18.1 Å². The number of thioether (sulfide) groups is 1. The molecular formula is C17H23ClN2O2S. The minimum absolute atomic E-state index is 0.0190. The molecule has 1 aromatic rings. The average Bonchev–Trinajstić information content (AvgIpc) is 3.04. The molecule has 1 unspecified atom stereocenters. The van der Waals surface area contributed by atoms with E-state index in [1.807, 2.05) is 23.9 Å². The first-order chi connectivity index (χ1) is 11.2. The molecule has 1 amide bonds. The lowest BCUT2D eigenvalue weighted by Crippen LogP contribution is -2.39. The zero-order valence-electron chi connectivity index (χ0n) is 13.1. The van der Waals surface area contributed by atoms with Gasteiger partial charge in [-0.1, -0.05) is 11.6 Å². The number of amides is 1. The molecule has 23 heavy (non-hydrogen) atoms. The van der Waals surface area contributed by atoms with Crippen LogP contribution >= 0.6 is 23.4 Å². The van der Waals surface area contributed by atoms with Gasteiger partial charge in [-0.15, -0.1) is 0 Å². The highest BCUT2D eigenvalue weighted by Crippen LogP contribution is 2.31. The van der Waals surface area contributed by atoms with Gasteiger partial charge in [0.25, 0.3) is 0 Å². The maximum absolute atomic E-state index is 12.1. The van der Waals surface area contributed by atoms with E-state index >= 15 is 0 Å². The van der Waals surface area contributed by atoms with Gasteiger partial charge in [0, 0.05) is 36.2 Å². The van der Waals surface area contributed by atoms with Crippen molar-refractivity contribution in [2.75, 3.05) is 23.4 Å². The summed E-state index contributed by atoms with van der Waals surface area (Å²) in [4.78, 5) is 12.1. The Balaban J connectivity index is 1.53. The Morgan fingerprint density at radius 3 is 2.91 bits per heavy atom. The molecule has 4 nitrogen and oxygen atoms in total. The van der Waals surface area contributed by atoms with Crippen LogP contribution in [-0.4, -0.2) is 36.1 Å². The van der Waals surface area contributed by atoms with E-state index in [0.29, 0.717) is 17.2 Å². The number of ether oxygens (including phenoxy) is 1. The van der Waals surface area contributed by atoms with Gasteiger partial charge in [-0.2, -0.15) is 11.8 Å². The van der Waals surface area contributed by atoms with Gasteiger partial charge in [0.05, 0.1) is 11.1 Å². The van der Waals surface area contributed by atoms with E-state index in [9.17, 15) is 4.79 Å². The van der Waals surface area contributed by atoms with Gasteiger partial charge in [0.1, 0.15) is 5.75 Å². The van der Waals surface area contributed by atoms with Crippen molar-refractivity contribution in [1.29, 1.82) is 0 Å². The molecule has 0 aromatic heterocycles. The average molecular weight is 355 g/mol. The van der Waals surface area contributed by atoms with Crippen LogP contribution in [0.5, 0.6) is 5.75 Å². The van der Waals surface area contributed by atoms with Crippen molar-refractivity contribution in [1.82, 2.24) is 5.32 Å². The number of benzene rings is 1. The van der Waals surface area contributed by atoms with Crippen molar-refractivity contribution in [2.24, 2.45) is 0 Å². The molecule has 2 fully saturated rings. The summed E-state index contributed by atoms with van der Waals surface area (Å²) >= 11 is 8.18. The molecule has 126 valence electrons. The number of hydrogen-bond donors (Lipinski definition) is 2. The molecule has 1 atom stereocenters. The van der Waals surface area contributed by atoms with Crippen LogP contribution in [0.4, 0.5) is 5.69 Å². The first-order valence-electron chi connectivity index (χ1n) is 8.28. The van der Waals surface area contributed by atoms with Gasteiger partial charge in [-0.3, -0.25) is 4.79 Å². The van der Waals surface area contributed by atoms with Crippen molar-refractivity contribution in [3.63, 3.8) is 0 Å².